The topological polar surface area (TPSA) is 139 Å². The fourth-order valence-corrected chi connectivity index (χ4v) is 2.16. The average Bonchev–Trinajstić information content (AvgIpc) is 2.73. The Morgan fingerprint density at radius 2 is 1.84 bits per heavy atom. The Morgan fingerprint density at radius 1 is 1.16 bits per heavy atom. The van der Waals surface area contributed by atoms with Gasteiger partial charge in [-0.2, -0.15) is 0 Å². The van der Waals surface area contributed by atoms with Crippen molar-refractivity contribution in [2.45, 2.75) is 19.9 Å². The molecule has 2 amide bonds. The van der Waals surface area contributed by atoms with Crippen LogP contribution < -0.4 is 25.3 Å². The fourth-order valence-electron chi connectivity index (χ4n) is 2.16. The molecule has 0 fully saturated rings. The molecule has 172 valence electrons. The third-order valence-corrected chi connectivity index (χ3v) is 3.50. The molecule has 0 aliphatic heterocycles. The van der Waals surface area contributed by atoms with Crippen LogP contribution in [-0.2, 0) is 16.1 Å². The van der Waals surface area contributed by atoms with Gasteiger partial charge in [-0.3, -0.25) is 10.1 Å². The van der Waals surface area contributed by atoms with Gasteiger partial charge in [0.2, 0.25) is 5.91 Å². The van der Waals surface area contributed by atoms with Gasteiger partial charge in [-0.15, -0.1) is 13.2 Å². The van der Waals surface area contributed by atoms with E-state index in [1.807, 2.05) is 5.32 Å². The van der Waals surface area contributed by atoms with Crippen molar-refractivity contribution in [3.8, 4) is 17.4 Å². The van der Waals surface area contributed by atoms with Gasteiger partial charge in [-0.1, -0.05) is 12.1 Å². The van der Waals surface area contributed by atoms with Gasteiger partial charge in [-0.05, 0) is 24.6 Å². The van der Waals surface area contributed by atoms with Crippen LogP contribution >= 0.6 is 0 Å². The Bertz CT molecular complexity index is 966. The zero-order valence-electron chi connectivity index (χ0n) is 16.6. The number of rotatable bonds is 8. The van der Waals surface area contributed by atoms with E-state index in [1.54, 1.807) is 6.92 Å². The molecular weight excluding hydrogens is 439 g/mol. The van der Waals surface area contributed by atoms with Crippen molar-refractivity contribution in [1.29, 1.82) is 0 Å². The summed E-state index contributed by atoms with van der Waals surface area (Å²) < 4.78 is 55.8. The number of esters is 1. The highest BCUT2D eigenvalue weighted by atomic mass is 19.4. The minimum absolute atomic E-state index is 0.0124. The molecule has 0 saturated heterocycles. The minimum atomic E-state index is -4.82. The quantitative estimate of drug-likeness (QED) is 0.572. The van der Waals surface area contributed by atoms with Crippen molar-refractivity contribution in [1.82, 2.24) is 10.3 Å². The third kappa shape index (κ3) is 7.75. The average molecular weight is 457 g/mol. The van der Waals surface area contributed by atoms with Gasteiger partial charge >= 0.3 is 18.4 Å². The van der Waals surface area contributed by atoms with Crippen LogP contribution in [0.25, 0.3) is 0 Å². The first-order valence-corrected chi connectivity index (χ1v) is 8.97. The summed E-state index contributed by atoms with van der Waals surface area (Å²) in [5, 5.41) is 1.84. The van der Waals surface area contributed by atoms with Gasteiger partial charge in [0.05, 0.1) is 18.7 Å². The molecule has 0 spiro atoms. The Morgan fingerprint density at radius 3 is 2.44 bits per heavy atom. The number of hydrogen-bond donors (Lipinski definition) is 2. The Hall–Kier alpha value is -3.87. The van der Waals surface area contributed by atoms with E-state index < -0.39 is 36.6 Å². The number of pyridine rings is 1. The standard InChI is InChI=1S/C19H18F3N3O7/c1-2-29-17(27)12-7-14(16(24-9-12)31-18(28)25-15(26)8-23)30-10-11-3-5-13(6-4-11)32-19(20,21)22/h3-7,9H,2,8,10,23H2,1H3,(H,25,26,28). The van der Waals surface area contributed by atoms with Crippen molar-refractivity contribution in [2.24, 2.45) is 5.73 Å². The molecular formula is C19H18F3N3O7. The number of imide groups is 1. The number of alkyl halides is 3. The van der Waals surface area contributed by atoms with E-state index in [0.29, 0.717) is 5.56 Å². The largest absolute Gasteiger partial charge is 0.573 e. The Kier molecular flexibility index (Phi) is 8.35. The number of benzene rings is 1. The second-order valence-corrected chi connectivity index (χ2v) is 5.87. The summed E-state index contributed by atoms with van der Waals surface area (Å²) in [7, 11) is 0. The maximum Gasteiger partial charge on any atom is 0.573 e. The van der Waals surface area contributed by atoms with Gasteiger partial charge in [0, 0.05) is 12.3 Å². The Balaban J connectivity index is 2.18. The molecule has 1 heterocycles. The van der Waals surface area contributed by atoms with Crippen molar-refractivity contribution in [2.75, 3.05) is 13.2 Å². The predicted molar refractivity (Wildman–Crippen MR) is 101 cm³/mol. The number of nitrogens with zero attached hydrogens (tertiary/aromatic N) is 1. The van der Waals surface area contributed by atoms with Crippen LogP contribution in [0.15, 0.2) is 36.5 Å². The molecule has 1 aromatic carbocycles. The van der Waals surface area contributed by atoms with Crippen molar-refractivity contribution in [3.05, 3.63) is 47.7 Å². The molecule has 0 aliphatic rings. The first kappa shape index (κ1) is 24.4. The van der Waals surface area contributed by atoms with E-state index in [9.17, 15) is 27.6 Å². The first-order chi connectivity index (χ1) is 15.1. The molecule has 1 aromatic heterocycles. The minimum Gasteiger partial charge on any atom is -0.483 e. The summed E-state index contributed by atoms with van der Waals surface area (Å²) in [5.74, 6) is -2.48. The lowest BCUT2D eigenvalue weighted by Gasteiger charge is -2.13. The summed E-state index contributed by atoms with van der Waals surface area (Å²) in [4.78, 5) is 38.7. The third-order valence-electron chi connectivity index (χ3n) is 3.50. The number of nitrogens with one attached hydrogen (secondary N) is 1. The van der Waals surface area contributed by atoms with Crippen molar-refractivity contribution >= 4 is 18.0 Å². The highest BCUT2D eigenvalue weighted by molar-refractivity contribution is 5.93. The molecule has 2 aromatic rings. The normalized spacial score (nSPS) is 10.8. The zero-order chi connectivity index (χ0) is 23.7. The van der Waals surface area contributed by atoms with Crippen LogP contribution in [0.4, 0.5) is 18.0 Å². The summed E-state index contributed by atoms with van der Waals surface area (Å²) in [6.45, 7) is 1.05. The summed E-state index contributed by atoms with van der Waals surface area (Å²) in [6.07, 6.45) is -4.94. The van der Waals surface area contributed by atoms with Gasteiger partial charge in [0.1, 0.15) is 12.4 Å². The van der Waals surface area contributed by atoms with Gasteiger partial charge < -0.3 is 24.7 Å². The predicted octanol–water partition coefficient (Wildman–Crippen LogP) is 2.31. The van der Waals surface area contributed by atoms with E-state index in [2.05, 4.69) is 9.72 Å². The van der Waals surface area contributed by atoms with E-state index in [4.69, 9.17) is 19.9 Å². The molecule has 13 heteroatoms. The number of amides is 2. The molecule has 10 nitrogen and oxygen atoms in total. The number of halogens is 3. The molecule has 0 aliphatic carbocycles. The maximum atomic E-state index is 12.3. The highest BCUT2D eigenvalue weighted by Gasteiger charge is 2.31. The molecule has 32 heavy (non-hydrogen) atoms. The highest BCUT2D eigenvalue weighted by Crippen LogP contribution is 2.28. The lowest BCUT2D eigenvalue weighted by Crippen LogP contribution is -2.37. The second-order valence-electron chi connectivity index (χ2n) is 5.87. The van der Waals surface area contributed by atoms with E-state index in [-0.39, 0.29) is 30.4 Å². The molecule has 2 rings (SSSR count). The van der Waals surface area contributed by atoms with E-state index >= 15 is 0 Å². The molecule has 0 unspecified atom stereocenters. The number of aromatic nitrogens is 1. The van der Waals surface area contributed by atoms with Crippen LogP contribution in [0.3, 0.4) is 0 Å². The van der Waals surface area contributed by atoms with E-state index in [0.717, 1.165) is 18.3 Å². The van der Waals surface area contributed by atoms with Gasteiger partial charge in [0.25, 0.3) is 5.88 Å². The number of ether oxygens (including phenoxy) is 4. The summed E-state index contributed by atoms with van der Waals surface area (Å²) in [5.41, 5.74) is 5.51. The monoisotopic (exact) mass is 457 g/mol. The first-order valence-electron chi connectivity index (χ1n) is 8.97. The van der Waals surface area contributed by atoms with E-state index in [1.165, 1.54) is 18.2 Å². The maximum absolute atomic E-state index is 12.3. The SMILES string of the molecule is CCOC(=O)c1cnc(OC(=O)NC(=O)CN)c(OCc2ccc(OC(F)(F)F)cc2)c1. The molecule has 0 saturated carbocycles. The van der Waals surface area contributed by atoms with Crippen molar-refractivity contribution in [3.63, 3.8) is 0 Å². The van der Waals surface area contributed by atoms with Crippen molar-refractivity contribution < 1.29 is 46.5 Å². The number of carbonyl (C=O) groups is 3. The van der Waals surface area contributed by atoms with Crippen LogP contribution in [0.5, 0.6) is 17.4 Å². The van der Waals surface area contributed by atoms with Crippen LogP contribution in [0, 0.1) is 0 Å². The summed E-state index contributed by atoms with van der Waals surface area (Å²) in [6, 6.07) is 6.00. The smallest absolute Gasteiger partial charge is 0.483 e. The molecule has 0 atom stereocenters. The number of carbonyl (C=O) groups excluding carboxylic acids is 3. The Labute approximate surface area is 179 Å². The zero-order valence-corrected chi connectivity index (χ0v) is 16.6. The molecule has 3 N–H and O–H groups in total. The van der Waals surface area contributed by atoms with Crippen LogP contribution in [-0.4, -0.2) is 42.5 Å². The van der Waals surface area contributed by atoms with Gasteiger partial charge in [-0.25, -0.2) is 14.6 Å². The second kappa shape index (κ2) is 10.9. The molecule has 0 radical (unpaired) electrons. The number of hydrogen-bond acceptors (Lipinski definition) is 9. The lowest BCUT2D eigenvalue weighted by atomic mass is 10.2. The van der Waals surface area contributed by atoms with Crippen LogP contribution in [0.1, 0.15) is 22.8 Å². The fraction of sp³-hybridized carbons (Fsp3) is 0.263. The number of nitrogens with two attached hydrogens (primary N) is 1. The van der Waals surface area contributed by atoms with Crippen LogP contribution in [0.2, 0.25) is 0 Å². The molecule has 0 bridgehead atoms. The van der Waals surface area contributed by atoms with Gasteiger partial charge in [0.15, 0.2) is 5.75 Å². The lowest BCUT2D eigenvalue weighted by molar-refractivity contribution is -0.274. The summed E-state index contributed by atoms with van der Waals surface area (Å²) >= 11 is 0.